The monoisotopic (exact) mass is 380 g/mol. The number of hydrogen-bond donors (Lipinski definition) is 1. The number of halogens is 1. The predicted molar refractivity (Wildman–Crippen MR) is 84.7 cm³/mol. The van der Waals surface area contributed by atoms with Crippen LogP contribution < -0.4 is 5.32 Å². The van der Waals surface area contributed by atoms with E-state index in [-0.39, 0.29) is 0 Å². The summed E-state index contributed by atoms with van der Waals surface area (Å²) in [4.78, 5) is 4.56. The summed E-state index contributed by atoms with van der Waals surface area (Å²) in [5.74, 6) is 2.36. The molecule has 2 aromatic heterocycles. The molecule has 1 saturated carbocycles. The van der Waals surface area contributed by atoms with Crippen LogP contribution in [-0.4, -0.2) is 4.98 Å². The van der Waals surface area contributed by atoms with Crippen molar-refractivity contribution in [3.8, 4) is 0 Å². The lowest BCUT2D eigenvalue weighted by Crippen LogP contribution is -1.97. The van der Waals surface area contributed by atoms with E-state index in [4.69, 9.17) is 8.83 Å². The fraction of sp³-hybridized carbons (Fsp3) is 0.267. The van der Waals surface area contributed by atoms with E-state index in [1.807, 2.05) is 30.3 Å². The van der Waals surface area contributed by atoms with E-state index in [1.54, 1.807) is 0 Å². The number of hydrogen-bond acceptors (Lipinski definition) is 4. The van der Waals surface area contributed by atoms with Crippen LogP contribution in [0.2, 0.25) is 0 Å². The van der Waals surface area contributed by atoms with Gasteiger partial charge in [0.15, 0.2) is 15.2 Å². The van der Waals surface area contributed by atoms with Gasteiger partial charge in [-0.3, -0.25) is 0 Å². The summed E-state index contributed by atoms with van der Waals surface area (Å²) < 4.78 is 12.2. The minimum absolute atomic E-state index is 0.545. The van der Waals surface area contributed by atoms with E-state index in [1.165, 1.54) is 12.8 Å². The van der Waals surface area contributed by atoms with Crippen molar-refractivity contribution in [1.29, 1.82) is 0 Å². The third kappa shape index (κ3) is 2.42. The molecule has 3 aromatic rings. The Kier molecular flexibility index (Phi) is 2.94. The molecule has 1 aliphatic rings. The molecule has 0 amide bonds. The summed E-state index contributed by atoms with van der Waals surface area (Å²) in [6.07, 6.45) is 2.41. The van der Waals surface area contributed by atoms with Gasteiger partial charge in [0.1, 0.15) is 11.3 Å². The maximum Gasteiger partial charge on any atom is 0.198 e. The van der Waals surface area contributed by atoms with Crippen LogP contribution >= 0.6 is 22.6 Å². The van der Waals surface area contributed by atoms with Crippen LogP contribution in [0.25, 0.3) is 11.1 Å². The van der Waals surface area contributed by atoms with Gasteiger partial charge in [-0.05, 0) is 65.8 Å². The average molecular weight is 380 g/mol. The molecule has 1 aliphatic carbocycles. The second kappa shape index (κ2) is 4.80. The van der Waals surface area contributed by atoms with Gasteiger partial charge in [-0.25, -0.2) is 4.98 Å². The van der Waals surface area contributed by atoms with E-state index in [0.717, 1.165) is 32.2 Å². The first-order valence-corrected chi connectivity index (χ1v) is 7.74. The molecule has 0 bridgehead atoms. The first-order valence-electron chi connectivity index (χ1n) is 6.66. The fourth-order valence-electron chi connectivity index (χ4n) is 2.20. The summed E-state index contributed by atoms with van der Waals surface area (Å²) in [5.41, 5.74) is 2.82. The summed E-state index contributed by atoms with van der Waals surface area (Å²) >= 11 is 2.16. The third-order valence-corrected chi connectivity index (χ3v) is 4.01. The standard InChI is InChI=1S/C15H13IN2O2/c16-14-6-4-11(19-14)8-17-10-3-5-13-12(7-10)18-15(20-13)9-1-2-9/h3-7,9,17H,1-2,8H2. The molecule has 1 N–H and O–H groups in total. The van der Waals surface area contributed by atoms with Gasteiger partial charge in [0.05, 0.1) is 6.54 Å². The molecule has 4 nitrogen and oxygen atoms in total. The van der Waals surface area contributed by atoms with E-state index in [2.05, 4.69) is 32.9 Å². The molecule has 4 rings (SSSR count). The second-order valence-corrected chi connectivity index (χ2v) is 6.13. The number of furan rings is 1. The molecule has 0 atom stereocenters. The van der Waals surface area contributed by atoms with Crippen molar-refractivity contribution in [3.63, 3.8) is 0 Å². The smallest absolute Gasteiger partial charge is 0.198 e. The fourth-order valence-corrected chi connectivity index (χ4v) is 2.66. The second-order valence-electron chi connectivity index (χ2n) is 5.07. The normalized spacial score (nSPS) is 14.8. The molecule has 5 heteroatoms. The number of oxazole rings is 1. The predicted octanol–water partition coefficient (Wildman–Crippen LogP) is 4.51. The van der Waals surface area contributed by atoms with Crippen molar-refractivity contribution in [2.45, 2.75) is 25.3 Å². The molecule has 0 spiro atoms. The first kappa shape index (κ1) is 12.3. The van der Waals surface area contributed by atoms with Crippen molar-refractivity contribution in [2.24, 2.45) is 0 Å². The number of nitrogens with one attached hydrogen (secondary N) is 1. The highest BCUT2D eigenvalue weighted by molar-refractivity contribution is 14.1. The number of rotatable bonds is 4. The zero-order valence-electron chi connectivity index (χ0n) is 10.7. The van der Waals surface area contributed by atoms with Crippen molar-refractivity contribution in [1.82, 2.24) is 4.98 Å². The van der Waals surface area contributed by atoms with E-state index in [0.29, 0.717) is 12.5 Å². The van der Waals surface area contributed by atoms with Gasteiger partial charge >= 0.3 is 0 Å². The maximum absolute atomic E-state index is 5.75. The van der Waals surface area contributed by atoms with Crippen LogP contribution in [-0.2, 0) is 6.54 Å². The van der Waals surface area contributed by atoms with Crippen molar-refractivity contribution >= 4 is 39.4 Å². The molecular formula is C15H13IN2O2. The van der Waals surface area contributed by atoms with Crippen molar-refractivity contribution in [2.75, 3.05) is 5.32 Å². The Balaban J connectivity index is 1.54. The van der Waals surface area contributed by atoms with Crippen LogP contribution in [0.1, 0.15) is 30.4 Å². The molecular weight excluding hydrogens is 367 g/mol. The molecule has 102 valence electrons. The van der Waals surface area contributed by atoms with Crippen molar-refractivity contribution in [3.05, 3.63) is 45.7 Å². The van der Waals surface area contributed by atoms with E-state index >= 15 is 0 Å². The molecule has 0 aliphatic heterocycles. The van der Waals surface area contributed by atoms with Crippen LogP contribution in [0.3, 0.4) is 0 Å². The van der Waals surface area contributed by atoms with Gasteiger partial charge in [0, 0.05) is 11.6 Å². The molecule has 0 radical (unpaired) electrons. The minimum atomic E-state index is 0.545. The van der Waals surface area contributed by atoms with E-state index < -0.39 is 0 Å². The van der Waals surface area contributed by atoms with Crippen LogP contribution in [0, 0.1) is 3.77 Å². The minimum Gasteiger partial charge on any atom is -0.454 e. The summed E-state index contributed by atoms with van der Waals surface area (Å²) in [5, 5.41) is 3.34. The summed E-state index contributed by atoms with van der Waals surface area (Å²) in [6, 6.07) is 9.95. The molecule has 20 heavy (non-hydrogen) atoms. The number of benzene rings is 1. The highest BCUT2D eigenvalue weighted by Crippen LogP contribution is 2.40. The third-order valence-electron chi connectivity index (χ3n) is 3.43. The quantitative estimate of drug-likeness (QED) is 0.677. The van der Waals surface area contributed by atoms with Crippen molar-refractivity contribution < 1.29 is 8.83 Å². The maximum atomic E-state index is 5.75. The highest BCUT2D eigenvalue weighted by Gasteiger charge is 2.28. The molecule has 1 fully saturated rings. The zero-order valence-corrected chi connectivity index (χ0v) is 12.9. The van der Waals surface area contributed by atoms with Gasteiger partial charge < -0.3 is 14.2 Å². The van der Waals surface area contributed by atoms with Gasteiger partial charge in [0.2, 0.25) is 0 Å². The number of anilines is 1. The molecule has 1 aromatic carbocycles. The number of nitrogens with zero attached hydrogens (tertiary/aromatic N) is 1. The summed E-state index contributed by atoms with van der Waals surface area (Å²) in [6.45, 7) is 0.668. The number of aromatic nitrogens is 1. The van der Waals surface area contributed by atoms with Crippen LogP contribution in [0.5, 0.6) is 0 Å². The number of fused-ring (bicyclic) bond motifs is 1. The Labute approximate surface area is 129 Å². The topological polar surface area (TPSA) is 51.2 Å². The van der Waals surface area contributed by atoms with Crippen LogP contribution in [0.4, 0.5) is 5.69 Å². The van der Waals surface area contributed by atoms with Gasteiger partial charge in [-0.2, -0.15) is 0 Å². The SMILES string of the molecule is Ic1ccc(CNc2ccc3oc(C4CC4)nc3c2)o1. The molecule has 0 saturated heterocycles. The Morgan fingerprint density at radius 3 is 2.85 bits per heavy atom. The average Bonchev–Trinajstić information content (AvgIpc) is 3.08. The van der Waals surface area contributed by atoms with Gasteiger partial charge in [0.25, 0.3) is 0 Å². The Hall–Kier alpha value is -1.50. The van der Waals surface area contributed by atoms with E-state index in [9.17, 15) is 0 Å². The summed E-state index contributed by atoms with van der Waals surface area (Å²) in [7, 11) is 0. The Morgan fingerprint density at radius 2 is 2.10 bits per heavy atom. The molecule has 2 heterocycles. The van der Waals surface area contributed by atoms with Crippen LogP contribution in [0.15, 0.2) is 39.2 Å². The molecule has 0 unspecified atom stereocenters. The lowest BCUT2D eigenvalue weighted by atomic mass is 10.3. The van der Waals surface area contributed by atoms with Gasteiger partial charge in [-0.1, -0.05) is 0 Å². The lowest BCUT2D eigenvalue weighted by Gasteiger charge is -2.03. The zero-order chi connectivity index (χ0) is 13.5. The lowest BCUT2D eigenvalue weighted by molar-refractivity contribution is 0.493. The highest BCUT2D eigenvalue weighted by atomic mass is 127. The Morgan fingerprint density at radius 1 is 1.20 bits per heavy atom. The first-order chi connectivity index (χ1) is 9.78. The van der Waals surface area contributed by atoms with Gasteiger partial charge in [-0.15, -0.1) is 0 Å². The largest absolute Gasteiger partial charge is 0.454 e. The Bertz CT molecular complexity index is 758.